The first kappa shape index (κ1) is 12.0. The molecular formula is C9H9F3O2S. The second-order valence-electron chi connectivity index (χ2n) is 3.00. The van der Waals surface area contributed by atoms with Crippen LogP contribution in [0.15, 0.2) is 35.2 Å². The van der Waals surface area contributed by atoms with Gasteiger partial charge in [-0.25, -0.2) is 8.42 Å². The van der Waals surface area contributed by atoms with Gasteiger partial charge in [0.25, 0.3) is 0 Å². The molecular weight excluding hydrogens is 229 g/mol. The monoisotopic (exact) mass is 238 g/mol. The molecule has 0 heterocycles. The lowest BCUT2D eigenvalue weighted by atomic mass is 10.4. The van der Waals surface area contributed by atoms with Gasteiger partial charge in [0.15, 0.2) is 9.84 Å². The Morgan fingerprint density at radius 1 is 1.07 bits per heavy atom. The summed E-state index contributed by atoms with van der Waals surface area (Å²) in [6.45, 7) is 0. The summed E-state index contributed by atoms with van der Waals surface area (Å²) >= 11 is 0. The number of sulfone groups is 1. The van der Waals surface area contributed by atoms with Crippen molar-refractivity contribution >= 4 is 9.84 Å². The van der Waals surface area contributed by atoms with Crippen molar-refractivity contribution in [2.45, 2.75) is 17.5 Å². The molecule has 0 aromatic heterocycles. The van der Waals surface area contributed by atoms with Crippen LogP contribution in [0.4, 0.5) is 13.2 Å². The van der Waals surface area contributed by atoms with Crippen LogP contribution in [0.1, 0.15) is 6.42 Å². The molecule has 1 aromatic carbocycles. The van der Waals surface area contributed by atoms with Gasteiger partial charge in [0.2, 0.25) is 0 Å². The van der Waals surface area contributed by atoms with Gasteiger partial charge in [-0.2, -0.15) is 13.2 Å². The molecule has 0 saturated carbocycles. The zero-order valence-electron chi connectivity index (χ0n) is 7.66. The van der Waals surface area contributed by atoms with Crippen LogP contribution in [0.5, 0.6) is 0 Å². The highest BCUT2D eigenvalue weighted by Gasteiger charge is 2.30. The van der Waals surface area contributed by atoms with Crippen LogP contribution < -0.4 is 0 Å². The molecule has 0 amide bonds. The Labute approximate surface area is 85.6 Å². The zero-order chi connectivity index (χ0) is 11.5. The first-order chi connectivity index (χ1) is 6.81. The highest BCUT2D eigenvalue weighted by atomic mass is 32.2. The van der Waals surface area contributed by atoms with E-state index in [2.05, 4.69) is 0 Å². The van der Waals surface area contributed by atoms with Gasteiger partial charge in [0.05, 0.1) is 17.1 Å². The van der Waals surface area contributed by atoms with Gasteiger partial charge >= 0.3 is 6.18 Å². The van der Waals surface area contributed by atoms with Crippen molar-refractivity contribution in [1.29, 1.82) is 0 Å². The fourth-order valence-corrected chi connectivity index (χ4v) is 2.30. The Morgan fingerprint density at radius 3 is 2.07 bits per heavy atom. The van der Waals surface area contributed by atoms with E-state index in [1.165, 1.54) is 24.3 Å². The Hall–Kier alpha value is -1.04. The molecule has 0 unspecified atom stereocenters. The molecule has 0 saturated heterocycles. The summed E-state index contributed by atoms with van der Waals surface area (Å²) < 4.78 is 58.3. The van der Waals surface area contributed by atoms with Gasteiger partial charge in [0.1, 0.15) is 0 Å². The van der Waals surface area contributed by atoms with Crippen molar-refractivity contribution in [1.82, 2.24) is 0 Å². The third-order valence-electron chi connectivity index (χ3n) is 1.76. The van der Waals surface area contributed by atoms with Crippen molar-refractivity contribution in [3.05, 3.63) is 30.3 Å². The lowest BCUT2D eigenvalue weighted by molar-refractivity contribution is -0.129. The summed E-state index contributed by atoms with van der Waals surface area (Å²) in [7, 11) is -3.81. The highest BCUT2D eigenvalue weighted by Crippen LogP contribution is 2.22. The second-order valence-corrected chi connectivity index (χ2v) is 5.11. The summed E-state index contributed by atoms with van der Waals surface area (Å²) in [6, 6.07) is 7.11. The topological polar surface area (TPSA) is 34.1 Å². The minimum Gasteiger partial charge on any atom is -0.224 e. The normalized spacial score (nSPS) is 12.7. The summed E-state index contributed by atoms with van der Waals surface area (Å²) in [5.41, 5.74) is 0. The van der Waals surface area contributed by atoms with Crippen LogP contribution in [0.25, 0.3) is 0 Å². The molecule has 1 aromatic rings. The van der Waals surface area contributed by atoms with Crippen LogP contribution in [0.2, 0.25) is 0 Å². The molecule has 0 aliphatic rings. The number of hydrogen-bond donors (Lipinski definition) is 0. The standard InChI is InChI=1S/C9H9F3O2S/c10-9(11,12)6-7-15(13,14)8-4-2-1-3-5-8/h1-5H,6-7H2. The predicted octanol–water partition coefficient (Wildman–Crippen LogP) is 2.41. The summed E-state index contributed by atoms with van der Waals surface area (Å²) in [5, 5.41) is 0. The second kappa shape index (κ2) is 4.22. The molecule has 2 nitrogen and oxygen atoms in total. The molecule has 0 spiro atoms. The number of hydrogen-bond acceptors (Lipinski definition) is 2. The van der Waals surface area contributed by atoms with Gasteiger partial charge in [-0.15, -0.1) is 0 Å². The Morgan fingerprint density at radius 2 is 1.60 bits per heavy atom. The van der Waals surface area contributed by atoms with Crippen LogP contribution in [0.3, 0.4) is 0 Å². The number of halogens is 3. The molecule has 0 aliphatic carbocycles. The van der Waals surface area contributed by atoms with Crippen LogP contribution in [-0.2, 0) is 9.84 Å². The van der Waals surface area contributed by atoms with E-state index in [4.69, 9.17) is 0 Å². The first-order valence-corrected chi connectivity index (χ1v) is 5.81. The van der Waals surface area contributed by atoms with Crippen molar-refractivity contribution in [2.24, 2.45) is 0 Å². The molecule has 0 aliphatic heterocycles. The van der Waals surface area contributed by atoms with E-state index < -0.39 is 28.2 Å². The van der Waals surface area contributed by atoms with E-state index in [1.54, 1.807) is 6.07 Å². The van der Waals surface area contributed by atoms with Crippen LogP contribution >= 0.6 is 0 Å². The summed E-state index contributed by atoms with van der Waals surface area (Å²) in [4.78, 5) is -0.0748. The number of benzene rings is 1. The Balaban J connectivity index is 2.78. The lowest BCUT2D eigenvalue weighted by Crippen LogP contribution is -2.16. The molecule has 0 bridgehead atoms. The third-order valence-corrected chi connectivity index (χ3v) is 3.49. The minimum atomic E-state index is -4.44. The van der Waals surface area contributed by atoms with Crippen molar-refractivity contribution in [2.75, 3.05) is 5.75 Å². The smallest absolute Gasteiger partial charge is 0.224 e. The van der Waals surface area contributed by atoms with E-state index >= 15 is 0 Å². The fraction of sp³-hybridized carbons (Fsp3) is 0.333. The van der Waals surface area contributed by atoms with Crippen molar-refractivity contribution < 1.29 is 21.6 Å². The van der Waals surface area contributed by atoms with Gasteiger partial charge in [0, 0.05) is 0 Å². The Bertz CT molecular complexity index is 409. The molecule has 0 fully saturated rings. The average molecular weight is 238 g/mol. The van der Waals surface area contributed by atoms with Gasteiger partial charge < -0.3 is 0 Å². The van der Waals surface area contributed by atoms with Crippen molar-refractivity contribution in [3.8, 4) is 0 Å². The van der Waals surface area contributed by atoms with Gasteiger partial charge in [-0.3, -0.25) is 0 Å². The lowest BCUT2D eigenvalue weighted by Gasteiger charge is -2.06. The maximum atomic E-state index is 11.8. The Kier molecular flexibility index (Phi) is 3.38. The SMILES string of the molecule is O=S(=O)(CCC(F)(F)F)c1ccccc1. The quantitative estimate of drug-likeness (QED) is 0.810. The maximum Gasteiger partial charge on any atom is 0.390 e. The molecule has 15 heavy (non-hydrogen) atoms. The van der Waals surface area contributed by atoms with Crippen LogP contribution in [0, 0.1) is 0 Å². The maximum absolute atomic E-state index is 11.8. The van der Waals surface area contributed by atoms with Gasteiger partial charge in [-0.05, 0) is 12.1 Å². The summed E-state index contributed by atoms with van der Waals surface area (Å²) in [5.74, 6) is -0.902. The van der Waals surface area contributed by atoms with Crippen LogP contribution in [-0.4, -0.2) is 20.3 Å². The third kappa shape index (κ3) is 3.91. The van der Waals surface area contributed by atoms with E-state index in [1.807, 2.05) is 0 Å². The molecule has 1 rings (SSSR count). The van der Waals surface area contributed by atoms with E-state index in [9.17, 15) is 21.6 Å². The predicted molar refractivity (Wildman–Crippen MR) is 49.2 cm³/mol. The first-order valence-electron chi connectivity index (χ1n) is 4.16. The fourth-order valence-electron chi connectivity index (χ4n) is 0.996. The van der Waals surface area contributed by atoms with E-state index in [0.29, 0.717) is 0 Å². The average Bonchev–Trinajstić information content (AvgIpc) is 2.16. The largest absolute Gasteiger partial charge is 0.390 e. The van der Waals surface area contributed by atoms with E-state index in [-0.39, 0.29) is 4.90 Å². The molecule has 0 N–H and O–H groups in total. The molecule has 0 radical (unpaired) electrons. The molecule has 6 heteroatoms. The minimum absolute atomic E-state index is 0.0748. The molecule has 0 atom stereocenters. The van der Waals surface area contributed by atoms with Crippen molar-refractivity contribution in [3.63, 3.8) is 0 Å². The highest BCUT2D eigenvalue weighted by molar-refractivity contribution is 7.91. The van der Waals surface area contributed by atoms with E-state index in [0.717, 1.165) is 0 Å². The molecule has 84 valence electrons. The van der Waals surface area contributed by atoms with Gasteiger partial charge in [-0.1, -0.05) is 18.2 Å². The summed E-state index contributed by atoms with van der Waals surface area (Å²) in [6.07, 6.45) is -5.76. The number of rotatable bonds is 3. The number of alkyl halides is 3. The zero-order valence-corrected chi connectivity index (χ0v) is 8.48.